The van der Waals surface area contributed by atoms with Crippen molar-refractivity contribution in [2.45, 2.75) is 38.5 Å². The highest BCUT2D eigenvalue weighted by Crippen LogP contribution is 2.21. The number of hydrogen-bond donors (Lipinski definition) is 1. The number of amides is 1. The van der Waals surface area contributed by atoms with E-state index in [1.807, 2.05) is 24.3 Å². The molecule has 0 radical (unpaired) electrons. The maximum atomic E-state index is 13.2. The number of rotatable bonds is 8. The minimum atomic E-state index is -0.349. The van der Waals surface area contributed by atoms with Crippen LogP contribution in [0.3, 0.4) is 0 Å². The zero-order valence-electron chi connectivity index (χ0n) is 18.1. The first-order chi connectivity index (χ1) is 15.6. The summed E-state index contributed by atoms with van der Waals surface area (Å²) in [5.74, 6) is 0.597. The summed E-state index contributed by atoms with van der Waals surface area (Å²) in [7, 11) is 1.60. The van der Waals surface area contributed by atoms with Gasteiger partial charge in [-0.1, -0.05) is 30.3 Å². The molecule has 2 aromatic carbocycles. The van der Waals surface area contributed by atoms with Gasteiger partial charge in [0.2, 0.25) is 5.91 Å². The molecule has 8 nitrogen and oxygen atoms in total. The predicted molar refractivity (Wildman–Crippen MR) is 121 cm³/mol. The number of methoxy groups -OCH3 is 1. The van der Waals surface area contributed by atoms with Crippen LogP contribution in [0.1, 0.15) is 24.8 Å². The van der Waals surface area contributed by atoms with Crippen LogP contribution in [0.4, 0.5) is 0 Å². The van der Waals surface area contributed by atoms with Crippen LogP contribution in [-0.2, 0) is 22.6 Å². The Balaban J connectivity index is 1.53. The average Bonchev–Trinajstić information content (AvgIpc) is 3.33. The molecule has 1 unspecified atom stereocenters. The lowest BCUT2D eigenvalue weighted by molar-refractivity contribution is -0.133. The number of hydrogen-bond acceptors (Lipinski definition) is 5. The molecule has 3 aromatic rings. The number of para-hydroxylation sites is 1. The second-order valence-electron chi connectivity index (χ2n) is 7.91. The lowest BCUT2D eigenvalue weighted by Crippen LogP contribution is -2.38. The van der Waals surface area contributed by atoms with Gasteiger partial charge in [-0.3, -0.25) is 19.5 Å². The third-order valence-electron chi connectivity index (χ3n) is 5.79. The van der Waals surface area contributed by atoms with Crippen LogP contribution in [0.2, 0.25) is 0 Å². The predicted octanol–water partition coefficient (Wildman–Crippen LogP) is 2.30. The van der Waals surface area contributed by atoms with Gasteiger partial charge in [-0.2, -0.15) is 0 Å². The number of fused-ring (bicyclic) bond motifs is 1. The van der Waals surface area contributed by atoms with Gasteiger partial charge in [0.15, 0.2) is 0 Å². The van der Waals surface area contributed by atoms with Crippen molar-refractivity contribution in [1.82, 2.24) is 14.7 Å². The standard InChI is InChI=1S/C24H27N3O5/c1-31-21-11-5-2-7-17(21)15-26(16-18-8-6-14-32-18)22(28)12-13-27-24(30)20-10-4-3-9-19(20)23(29)25-27/h2-5,7,9-11,18H,6,8,12-16H2,1H3,(H,25,29). The fourth-order valence-electron chi connectivity index (χ4n) is 4.10. The van der Waals surface area contributed by atoms with E-state index in [-0.39, 0.29) is 36.1 Å². The van der Waals surface area contributed by atoms with Crippen LogP contribution in [-0.4, -0.2) is 47.0 Å². The molecule has 1 N–H and O–H groups in total. The third kappa shape index (κ3) is 4.75. The molecule has 0 bridgehead atoms. The molecule has 1 fully saturated rings. The number of benzene rings is 2. The van der Waals surface area contributed by atoms with Gasteiger partial charge < -0.3 is 14.4 Å². The number of nitrogens with zero attached hydrogens (tertiary/aromatic N) is 2. The Morgan fingerprint density at radius 3 is 2.66 bits per heavy atom. The minimum absolute atomic E-state index is 0.00291. The number of aromatic amines is 1. The van der Waals surface area contributed by atoms with Gasteiger partial charge in [-0.25, -0.2) is 4.68 Å². The summed E-state index contributed by atoms with van der Waals surface area (Å²) < 4.78 is 12.4. The van der Waals surface area contributed by atoms with E-state index in [2.05, 4.69) is 5.10 Å². The Labute approximate surface area is 185 Å². The van der Waals surface area contributed by atoms with Crippen LogP contribution in [0, 0.1) is 0 Å². The smallest absolute Gasteiger partial charge is 0.273 e. The summed E-state index contributed by atoms with van der Waals surface area (Å²) in [6.07, 6.45) is 1.97. The van der Waals surface area contributed by atoms with E-state index in [4.69, 9.17) is 9.47 Å². The number of aryl methyl sites for hydroxylation is 1. The summed E-state index contributed by atoms with van der Waals surface area (Å²) in [5, 5.41) is 3.27. The average molecular weight is 437 g/mol. The third-order valence-corrected chi connectivity index (χ3v) is 5.79. The fraction of sp³-hybridized carbons (Fsp3) is 0.375. The second kappa shape index (κ2) is 9.82. The number of ether oxygens (including phenoxy) is 2. The molecule has 1 saturated heterocycles. The number of aromatic nitrogens is 2. The van der Waals surface area contributed by atoms with E-state index in [1.165, 1.54) is 4.68 Å². The van der Waals surface area contributed by atoms with E-state index < -0.39 is 0 Å². The molecule has 1 aliphatic heterocycles. The van der Waals surface area contributed by atoms with Gasteiger partial charge in [-0.05, 0) is 31.0 Å². The fourth-order valence-corrected chi connectivity index (χ4v) is 4.10. The van der Waals surface area contributed by atoms with E-state index >= 15 is 0 Å². The highest BCUT2D eigenvalue weighted by molar-refractivity contribution is 5.80. The first kappa shape index (κ1) is 21.8. The van der Waals surface area contributed by atoms with Crippen molar-refractivity contribution >= 4 is 16.7 Å². The Morgan fingerprint density at radius 1 is 1.16 bits per heavy atom. The monoisotopic (exact) mass is 437 g/mol. The zero-order valence-corrected chi connectivity index (χ0v) is 18.1. The van der Waals surface area contributed by atoms with Gasteiger partial charge >= 0.3 is 0 Å². The van der Waals surface area contributed by atoms with Crippen molar-refractivity contribution in [3.63, 3.8) is 0 Å². The topological polar surface area (TPSA) is 93.6 Å². The van der Waals surface area contributed by atoms with Crippen molar-refractivity contribution in [1.29, 1.82) is 0 Å². The molecule has 1 aromatic heterocycles. The first-order valence-electron chi connectivity index (χ1n) is 10.8. The van der Waals surface area contributed by atoms with Crippen LogP contribution in [0.25, 0.3) is 10.8 Å². The Bertz CT molecular complexity index is 1210. The summed E-state index contributed by atoms with van der Waals surface area (Å²) >= 11 is 0. The molecule has 1 aliphatic rings. The van der Waals surface area contributed by atoms with E-state index in [9.17, 15) is 14.4 Å². The van der Waals surface area contributed by atoms with Crippen molar-refractivity contribution in [2.75, 3.05) is 20.3 Å². The molecular formula is C24H27N3O5. The molecular weight excluding hydrogens is 410 g/mol. The normalized spacial score (nSPS) is 15.7. The maximum Gasteiger partial charge on any atom is 0.273 e. The lowest BCUT2D eigenvalue weighted by atomic mass is 10.1. The second-order valence-corrected chi connectivity index (χ2v) is 7.91. The van der Waals surface area contributed by atoms with Gasteiger partial charge in [-0.15, -0.1) is 0 Å². The Kier molecular flexibility index (Phi) is 6.70. The summed E-state index contributed by atoms with van der Waals surface area (Å²) in [4.78, 5) is 40.0. The molecule has 1 amide bonds. The lowest BCUT2D eigenvalue weighted by Gasteiger charge is -2.26. The van der Waals surface area contributed by atoms with Crippen LogP contribution in [0.5, 0.6) is 5.75 Å². The van der Waals surface area contributed by atoms with Gasteiger partial charge in [0, 0.05) is 31.7 Å². The van der Waals surface area contributed by atoms with Gasteiger partial charge in [0.1, 0.15) is 5.75 Å². The number of nitrogens with one attached hydrogen (secondary N) is 1. The molecule has 4 rings (SSSR count). The largest absolute Gasteiger partial charge is 0.496 e. The van der Waals surface area contributed by atoms with E-state index in [1.54, 1.807) is 36.3 Å². The molecule has 0 aliphatic carbocycles. The molecule has 8 heteroatoms. The Hall–Kier alpha value is -3.39. The number of H-pyrrole nitrogens is 1. The highest BCUT2D eigenvalue weighted by atomic mass is 16.5. The molecule has 32 heavy (non-hydrogen) atoms. The van der Waals surface area contributed by atoms with Crippen LogP contribution >= 0.6 is 0 Å². The summed E-state index contributed by atoms with van der Waals surface area (Å²) in [6, 6.07) is 14.3. The van der Waals surface area contributed by atoms with Crippen molar-refractivity contribution in [3.8, 4) is 5.75 Å². The summed E-state index contributed by atoms with van der Waals surface area (Å²) in [5.41, 5.74) is 0.235. The quantitative estimate of drug-likeness (QED) is 0.584. The van der Waals surface area contributed by atoms with E-state index in [0.29, 0.717) is 36.2 Å². The number of carbonyl (C=O) groups is 1. The number of carbonyl (C=O) groups excluding carboxylic acids is 1. The van der Waals surface area contributed by atoms with Crippen LogP contribution < -0.4 is 15.9 Å². The van der Waals surface area contributed by atoms with Crippen LogP contribution in [0.15, 0.2) is 58.1 Å². The SMILES string of the molecule is COc1ccccc1CN(CC1CCCO1)C(=O)CCn1[nH]c(=O)c2ccccc2c1=O. The Morgan fingerprint density at radius 2 is 1.91 bits per heavy atom. The van der Waals surface area contributed by atoms with Gasteiger partial charge in [0.05, 0.1) is 30.5 Å². The molecule has 0 saturated carbocycles. The van der Waals surface area contributed by atoms with Crippen molar-refractivity contribution in [3.05, 3.63) is 74.8 Å². The molecule has 0 spiro atoms. The maximum absolute atomic E-state index is 13.2. The first-order valence-corrected chi connectivity index (χ1v) is 10.8. The van der Waals surface area contributed by atoms with Crippen molar-refractivity contribution < 1.29 is 14.3 Å². The van der Waals surface area contributed by atoms with Crippen molar-refractivity contribution in [2.24, 2.45) is 0 Å². The van der Waals surface area contributed by atoms with Gasteiger partial charge in [0.25, 0.3) is 11.1 Å². The van der Waals surface area contributed by atoms with E-state index in [0.717, 1.165) is 18.4 Å². The molecule has 168 valence electrons. The molecule has 1 atom stereocenters. The highest BCUT2D eigenvalue weighted by Gasteiger charge is 2.24. The molecule has 2 heterocycles. The summed E-state index contributed by atoms with van der Waals surface area (Å²) in [6.45, 7) is 1.65. The minimum Gasteiger partial charge on any atom is -0.496 e. The zero-order chi connectivity index (χ0) is 22.5.